The molecule has 0 N–H and O–H groups in total. The van der Waals surface area contributed by atoms with Crippen LogP contribution >= 0.6 is 0 Å². The first-order chi connectivity index (χ1) is 23.8. The molecule has 2 heteroatoms. The maximum absolute atomic E-state index is 5.12. The lowest BCUT2D eigenvalue weighted by Gasteiger charge is -2.12. The summed E-state index contributed by atoms with van der Waals surface area (Å²) >= 11 is 0. The lowest BCUT2D eigenvalue weighted by atomic mass is 9.95. The number of rotatable bonds is 7. The summed E-state index contributed by atoms with van der Waals surface area (Å²) in [6.07, 6.45) is 0. The van der Waals surface area contributed by atoms with Crippen molar-refractivity contribution in [2.24, 2.45) is 0 Å². The van der Waals surface area contributed by atoms with Crippen LogP contribution in [0, 0.1) is 0 Å². The van der Waals surface area contributed by atoms with E-state index in [2.05, 4.69) is 176 Å². The van der Waals surface area contributed by atoms with Gasteiger partial charge in [0.2, 0.25) is 0 Å². The first-order valence-electron chi connectivity index (χ1n) is 16.2. The van der Waals surface area contributed by atoms with Crippen LogP contribution in [0.2, 0.25) is 0 Å². The zero-order chi connectivity index (χ0) is 32.1. The molecule has 0 amide bonds. The molecule has 8 rings (SSSR count). The Morgan fingerprint density at radius 1 is 0.188 bits per heavy atom. The second kappa shape index (κ2) is 13.2. The van der Waals surface area contributed by atoms with Crippen LogP contribution in [0.5, 0.6) is 0 Å². The molecule has 0 aliphatic heterocycles. The number of benzene rings is 6. The molecule has 0 aliphatic rings. The summed E-state index contributed by atoms with van der Waals surface area (Å²) in [4.78, 5) is 10.2. The Balaban J connectivity index is 1.16. The topological polar surface area (TPSA) is 25.8 Å². The number of nitrogens with zero attached hydrogens (tertiary/aromatic N) is 2. The van der Waals surface area contributed by atoms with Crippen molar-refractivity contribution in [3.63, 3.8) is 0 Å². The molecule has 226 valence electrons. The maximum atomic E-state index is 5.12. The molecule has 0 spiro atoms. The van der Waals surface area contributed by atoms with Crippen LogP contribution in [-0.4, -0.2) is 9.97 Å². The van der Waals surface area contributed by atoms with E-state index < -0.39 is 0 Å². The fourth-order valence-electron chi connectivity index (χ4n) is 6.16. The highest BCUT2D eigenvalue weighted by Crippen LogP contribution is 2.34. The number of hydrogen-bond acceptors (Lipinski definition) is 2. The zero-order valence-corrected chi connectivity index (χ0v) is 26.4. The molecule has 0 fully saturated rings. The SMILES string of the molecule is c1ccc(-c2cc(-c3ccccc3)nc(-c3ccc(-c4cccc(-c5cc(-c6ccccc6)nc(-c6ccccc6)c5)c4)cc3)c2)cc1. The number of pyridine rings is 2. The summed E-state index contributed by atoms with van der Waals surface area (Å²) in [7, 11) is 0. The Hall–Kier alpha value is -6.38. The molecular weight excluding hydrogens is 581 g/mol. The average Bonchev–Trinajstić information content (AvgIpc) is 3.19. The van der Waals surface area contributed by atoms with Gasteiger partial charge in [-0.1, -0.05) is 164 Å². The minimum atomic E-state index is 0.953. The third-order valence-electron chi connectivity index (χ3n) is 8.68. The monoisotopic (exact) mass is 612 g/mol. The third-order valence-corrected chi connectivity index (χ3v) is 8.68. The molecule has 0 bridgehead atoms. The minimum Gasteiger partial charge on any atom is -0.248 e. The average molecular weight is 613 g/mol. The molecule has 48 heavy (non-hydrogen) atoms. The van der Waals surface area contributed by atoms with Gasteiger partial charge in [-0.15, -0.1) is 0 Å². The highest BCUT2D eigenvalue weighted by molar-refractivity contribution is 5.81. The smallest absolute Gasteiger partial charge is 0.0715 e. The predicted molar refractivity (Wildman–Crippen MR) is 200 cm³/mol. The van der Waals surface area contributed by atoms with Gasteiger partial charge in [0, 0.05) is 22.3 Å². The van der Waals surface area contributed by atoms with Crippen LogP contribution < -0.4 is 0 Å². The Labute approximate surface area is 281 Å². The van der Waals surface area contributed by atoms with Gasteiger partial charge in [0.05, 0.1) is 22.8 Å². The fraction of sp³-hybridized carbons (Fsp3) is 0. The summed E-state index contributed by atoms with van der Waals surface area (Å²) < 4.78 is 0. The van der Waals surface area contributed by atoms with E-state index in [1.807, 2.05) is 18.2 Å². The molecule has 0 saturated carbocycles. The molecule has 0 saturated heterocycles. The van der Waals surface area contributed by atoms with E-state index in [0.717, 1.165) is 72.8 Å². The molecular formula is C46H32N2. The van der Waals surface area contributed by atoms with Crippen molar-refractivity contribution in [3.8, 4) is 78.4 Å². The van der Waals surface area contributed by atoms with Gasteiger partial charge in [-0.2, -0.15) is 0 Å². The minimum absolute atomic E-state index is 0.953. The van der Waals surface area contributed by atoms with Crippen LogP contribution in [0.3, 0.4) is 0 Å². The van der Waals surface area contributed by atoms with Gasteiger partial charge in [0.25, 0.3) is 0 Å². The summed E-state index contributed by atoms with van der Waals surface area (Å²) in [5.74, 6) is 0. The third kappa shape index (κ3) is 6.20. The van der Waals surface area contributed by atoms with E-state index >= 15 is 0 Å². The van der Waals surface area contributed by atoms with Crippen molar-refractivity contribution in [1.82, 2.24) is 9.97 Å². The summed E-state index contributed by atoms with van der Waals surface area (Å²) in [5.41, 5.74) is 15.2. The van der Waals surface area contributed by atoms with Gasteiger partial charge in [0.1, 0.15) is 0 Å². The van der Waals surface area contributed by atoms with Crippen LogP contribution in [0.15, 0.2) is 194 Å². The second-order valence-electron chi connectivity index (χ2n) is 11.9. The predicted octanol–water partition coefficient (Wildman–Crippen LogP) is 12.1. The van der Waals surface area contributed by atoms with Crippen LogP contribution in [0.4, 0.5) is 0 Å². The lowest BCUT2D eigenvalue weighted by molar-refractivity contribution is 1.32. The van der Waals surface area contributed by atoms with E-state index in [-0.39, 0.29) is 0 Å². The van der Waals surface area contributed by atoms with Crippen molar-refractivity contribution in [3.05, 3.63) is 194 Å². The van der Waals surface area contributed by atoms with Gasteiger partial charge >= 0.3 is 0 Å². The van der Waals surface area contributed by atoms with Crippen LogP contribution in [0.25, 0.3) is 78.4 Å². The lowest BCUT2D eigenvalue weighted by Crippen LogP contribution is -1.92. The van der Waals surface area contributed by atoms with Crippen molar-refractivity contribution in [2.45, 2.75) is 0 Å². The molecule has 2 aromatic heterocycles. The van der Waals surface area contributed by atoms with Gasteiger partial charge in [-0.3, -0.25) is 0 Å². The standard InChI is InChI=1S/C46H32N2/c1-5-14-33(15-6-1)41-29-43(35-16-7-2-8-17-35)48-46(30-41)38-26-24-34(25-27-38)39-22-13-23-40(28-39)42-31-44(36-18-9-3-10-19-36)47-45(32-42)37-20-11-4-12-21-37/h1-32H. The Morgan fingerprint density at radius 3 is 0.875 bits per heavy atom. The first-order valence-corrected chi connectivity index (χ1v) is 16.2. The van der Waals surface area contributed by atoms with Crippen molar-refractivity contribution in [2.75, 3.05) is 0 Å². The van der Waals surface area contributed by atoms with Gasteiger partial charge in [-0.25, -0.2) is 9.97 Å². The first kappa shape index (κ1) is 29.1. The van der Waals surface area contributed by atoms with Crippen LogP contribution in [0.1, 0.15) is 0 Å². The largest absolute Gasteiger partial charge is 0.248 e. The van der Waals surface area contributed by atoms with Crippen molar-refractivity contribution in [1.29, 1.82) is 0 Å². The molecule has 0 atom stereocenters. The summed E-state index contributed by atoms with van der Waals surface area (Å²) in [6, 6.07) is 68.0. The Morgan fingerprint density at radius 2 is 0.458 bits per heavy atom. The molecule has 8 aromatic rings. The van der Waals surface area contributed by atoms with E-state index in [1.54, 1.807) is 0 Å². The summed E-state index contributed by atoms with van der Waals surface area (Å²) in [6.45, 7) is 0. The summed E-state index contributed by atoms with van der Waals surface area (Å²) in [5, 5.41) is 0. The highest BCUT2D eigenvalue weighted by Gasteiger charge is 2.12. The van der Waals surface area contributed by atoms with Gasteiger partial charge in [0.15, 0.2) is 0 Å². The molecule has 0 unspecified atom stereocenters. The fourth-order valence-corrected chi connectivity index (χ4v) is 6.16. The normalized spacial score (nSPS) is 10.9. The van der Waals surface area contributed by atoms with E-state index in [1.165, 1.54) is 5.56 Å². The molecule has 6 aromatic carbocycles. The van der Waals surface area contributed by atoms with E-state index in [9.17, 15) is 0 Å². The molecule has 2 heterocycles. The quantitative estimate of drug-likeness (QED) is 0.179. The van der Waals surface area contributed by atoms with Crippen molar-refractivity contribution < 1.29 is 0 Å². The number of aromatic nitrogens is 2. The number of hydrogen-bond donors (Lipinski definition) is 0. The molecule has 2 nitrogen and oxygen atoms in total. The highest BCUT2D eigenvalue weighted by atomic mass is 14.7. The van der Waals surface area contributed by atoms with Gasteiger partial charge in [-0.05, 0) is 63.7 Å². The van der Waals surface area contributed by atoms with Crippen molar-refractivity contribution >= 4 is 0 Å². The maximum Gasteiger partial charge on any atom is 0.0715 e. The Kier molecular flexibility index (Phi) is 7.96. The second-order valence-corrected chi connectivity index (χ2v) is 11.9. The zero-order valence-electron chi connectivity index (χ0n) is 26.4. The van der Waals surface area contributed by atoms with Gasteiger partial charge < -0.3 is 0 Å². The molecule has 0 radical (unpaired) electrons. The van der Waals surface area contributed by atoms with E-state index in [0.29, 0.717) is 0 Å². The Bertz CT molecular complexity index is 2180. The van der Waals surface area contributed by atoms with Crippen LogP contribution in [-0.2, 0) is 0 Å². The van der Waals surface area contributed by atoms with E-state index in [4.69, 9.17) is 9.97 Å². The molecule has 0 aliphatic carbocycles.